The Morgan fingerprint density at radius 2 is 0.944 bits per heavy atom. The zero-order valence-electron chi connectivity index (χ0n) is 53.2. The van der Waals surface area contributed by atoms with Crippen molar-refractivity contribution in [1.82, 2.24) is 9.55 Å². The summed E-state index contributed by atoms with van der Waals surface area (Å²) in [5, 5.41) is 7.50. The molecule has 0 radical (unpaired) electrons. The molecule has 12 aromatic rings. The van der Waals surface area contributed by atoms with Crippen molar-refractivity contribution in [1.29, 1.82) is 0 Å². The summed E-state index contributed by atoms with van der Waals surface area (Å²) in [6.07, 6.45) is 2.07. The monoisotopic (exact) mass is 1360 g/mol. The van der Waals surface area contributed by atoms with Gasteiger partial charge in [0.1, 0.15) is 5.82 Å². The second kappa shape index (κ2) is 23.4. The third kappa shape index (κ3) is 11.5. The number of pyridine rings is 1. The molecule has 2 aromatic heterocycles. The maximum absolute atomic E-state index is 6.92. The normalized spacial score (nSPS) is 13.0. The van der Waals surface area contributed by atoms with Gasteiger partial charge in [-0.15, -0.1) is 48.1 Å². The van der Waals surface area contributed by atoms with Gasteiger partial charge in [0.2, 0.25) is 0 Å². The second-order valence-corrected chi connectivity index (χ2v) is 31.7. The van der Waals surface area contributed by atoms with Crippen LogP contribution in [0.15, 0.2) is 243 Å². The molecule has 0 amide bonds. The van der Waals surface area contributed by atoms with Gasteiger partial charge in [0.05, 0.1) is 0 Å². The molecule has 0 N–H and O–H groups in total. The van der Waals surface area contributed by atoms with E-state index in [1.165, 1.54) is 43.0 Å². The molecule has 0 saturated carbocycles. The number of para-hydroxylation sites is 2. The zero-order chi connectivity index (χ0) is 61.3. The smallest absolute Gasteiger partial charge is 0.179 e. The van der Waals surface area contributed by atoms with Crippen LogP contribution in [-0.2, 0) is 42.7 Å². The molecule has 0 bridgehead atoms. The Balaban J connectivity index is 0.00000769. The Morgan fingerprint density at radius 3 is 1.53 bits per heavy atom. The molecular weight excluding hydrogens is 1280 g/mol. The number of hydrogen-bond acceptors (Lipinski definition) is 4. The Hall–Kier alpha value is -8.54. The number of nitrogens with zero attached hydrogens (tertiary/aromatic N) is 4. The number of anilines is 4. The van der Waals surface area contributed by atoms with Gasteiger partial charge in [-0.05, 0) is 123 Å². The van der Waals surface area contributed by atoms with E-state index in [9.17, 15) is 0 Å². The molecule has 1 aliphatic rings. The molecule has 3 heterocycles. The Kier molecular flexibility index (Phi) is 16.0. The van der Waals surface area contributed by atoms with E-state index < -0.39 is 8.07 Å². The van der Waals surface area contributed by atoms with E-state index in [1.54, 1.807) is 0 Å². The van der Waals surface area contributed by atoms with Crippen LogP contribution in [0.3, 0.4) is 0 Å². The minimum absolute atomic E-state index is 0. The third-order valence-electron chi connectivity index (χ3n) is 17.7. The minimum atomic E-state index is -2.80. The van der Waals surface area contributed by atoms with E-state index in [0.717, 1.165) is 72.6 Å². The van der Waals surface area contributed by atoms with Crippen LogP contribution in [0.4, 0.5) is 22.7 Å². The van der Waals surface area contributed by atoms with E-state index in [-0.39, 0.29) is 42.7 Å². The summed E-state index contributed by atoms with van der Waals surface area (Å²) in [7, 11) is -2.80. The maximum Gasteiger partial charge on any atom is 0.179 e. The van der Waals surface area contributed by atoms with Gasteiger partial charge in [-0.25, -0.2) is 4.98 Å². The molecule has 0 fully saturated rings. The van der Waals surface area contributed by atoms with E-state index in [2.05, 4.69) is 341 Å². The molecule has 1 aliphatic heterocycles. The molecule has 0 saturated heterocycles. The van der Waals surface area contributed by atoms with Crippen LogP contribution in [0, 0.1) is 18.8 Å². The largest absolute Gasteiger partial charge is 0.509 e. The van der Waals surface area contributed by atoms with Crippen LogP contribution >= 0.6 is 0 Å². The van der Waals surface area contributed by atoms with Gasteiger partial charge in [0.25, 0.3) is 0 Å². The molecule has 0 aliphatic carbocycles. The maximum atomic E-state index is 6.92. The molecule has 0 atom stereocenters. The van der Waals surface area contributed by atoms with Crippen molar-refractivity contribution in [3.63, 3.8) is 0 Å². The second-order valence-electron chi connectivity index (χ2n) is 27.9. The van der Waals surface area contributed by atoms with Gasteiger partial charge in [0.15, 0.2) is 8.07 Å². The summed E-state index contributed by atoms with van der Waals surface area (Å²) in [6.45, 7) is 29.6. The molecule has 13 rings (SSSR count). The van der Waals surface area contributed by atoms with Crippen molar-refractivity contribution in [2.45, 2.75) is 105 Å². The molecule has 448 valence electrons. The summed E-state index contributed by atoms with van der Waals surface area (Å²) < 4.78 is 9.20. The number of benzene rings is 10. The third-order valence-corrected chi connectivity index (χ3v) is 22.5. The zero-order valence-corrected chi connectivity index (χ0v) is 56.5. The number of fused-ring (bicyclic) bond motifs is 4. The molecule has 89 heavy (non-hydrogen) atoms. The molecular formula is C82H77N4OPtSi-3. The van der Waals surface area contributed by atoms with Crippen LogP contribution in [0.5, 0.6) is 11.5 Å². The van der Waals surface area contributed by atoms with Crippen LogP contribution in [0.1, 0.15) is 105 Å². The number of ether oxygens (including phenoxy) is 1. The minimum Gasteiger partial charge on any atom is -0.509 e. The Morgan fingerprint density at radius 1 is 0.416 bits per heavy atom. The van der Waals surface area contributed by atoms with E-state index in [4.69, 9.17) is 9.72 Å². The fourth-order valence-corrected chi connectivity index (χ4v) is 17.6. The first-order valence-electron chi connectivity index (χ1n) is 30.9. The summed E-state index contributed by atoms with van der Waals surface area (Å²) in [4.78, 5) is 9.92. The number of aromatic nitrogens is 2. The Bertz CT molecular complexity index is 4420. The van der Waals surface area contributed by atoms with Gasteiger partial charge in [-0.3, -0.25) is 0 Å². The van der Waals surface area contributed by atoms with Gasteiger partial charge in [0, 0.05) is 66.9 Å². The topological polar surface area (TPSA) is 33.5 Å². The van der Waals surface area contributed by atoms with Gasteiger partial charge in [-0.2, -0.15) is 12.1 Å². The Labute approximate surface area is 543 Å². The van der Waals surface area contributed by atoms with Crippen LogP contribution in [-0.4, -0.2) is 17.6 Å². The summed E-state index contributed by atoms with van der Waals surface area (Å²) >= 11 is 0. The first kappa shape index (κ1) is 60.7. The first-order valence-corrected chi connectivity index (χ1v) is 32.9. The molecule has 7 heteroatoms. The molecule has 0 unspecified atom stereocenters. The van der Waals surface area contributed by atoms with Crippen molar-refractivity contribution in [2.75, 3.05) is 9.80 Å². The predicted molar refractivity (Wildman–Crippen MR) is 374 cm³/mol. The van der Waals surface area contributed by atoms with Gasteiger partial charge in [-0.1, -0.05) is 258 Å². The average Bonchev–Trinajstić information content (AvgIpc) is 1.33. The number of hydrogen-bond donors (Lipinski definition) is 0. The van der Waals surface area contributed by atoms with Crippen LogP contribution in [0.25, 0.3) is 49.9 Å². The van der Waals surface area contributed by atoms with Crippen molar-refractivity contribution < 1.29 is 25.8 Å². The summed E-state index contributed by atoms with van der Waals surface area (Å²) in [5.74, 6) is 1.98. The average molecular weight is 1360 g/mol. The van der Waals surface area contributed by atoms with Crippen molar-refractivity contribution in [3.8, 4) is 39.6 Å². The standard InChI is InChI=1S/C82H77N4OSi.Pt/c1-79(2,3)59-41-38-56(39-42-59)72-54-83-78(53-73(72)82(10,11)12)86-74-45-40-58(57-26-24-35-69(46-57)88(66-29-16-13-17-30-66,67-31-18-14-19-32-67)68-33-20-15-21-34-68)47-71(74)70-44-43-65(52-77(70)86)87-64-28-25-27-62(51-64)84-55-85(76-37-23-22-36-75(76)84)63-49-60(80(4,5)6)48-61(50-63)81(7,8)9;/h13-50,53-55H,1-12H3;/q-3;. The number of rotatable bonds is 11. The summed E-state index contributed by atoms with van der Waals surface area (Å²) in [5.41, 5.74) is 15.5. The van der Waals surface area contributed by atoms with Crippen molar-refractivity contribution in [3.05, 3.63) is 284 Å². The van der Waals surface area contributed by atoms with Crippen LogP contribution < -0.4 is 35.3 Å². The SMILES string of the molecule is CC(C)(C)c1ccc(-c2cnc(-n3c4[c-]c(Oc5[c-]c(N6[CH-]N(c7cc(C(C)(C)C)cc(C(C)(C)C)c7)c7ccccc76)ccc5)ccc4c4cc(-c5cccc([Si](c6ccccc6)(c6ccccc6)c6ccccc6)c5)ccc43)cc2C(C)(C)C)cc1.[Pt]. The first-order chi connectivity index (χ1) is 42.1. The van der Waals surface area contributed by atoms with Gasteiger partial charge >= 0.3 is 0 Å². The van der Waals surface area contributed by atoms with Crippen molar-refractivity contribution in [2.24, 2.45) is 0 Å². The molecule has 5 nitrogen and oxygen atoms in total. The van der Waals surface area contributed by atoms with E-state index in [1.807, 2.05) is 18.2 Å². The summed E-state index contributed by atoms with van der Waals surface area (Å²) in [6, 6.07) is 94.5. The van der Waals surface area contributed by atoms with Crippen LogP contribution in [0.2, 0.25) is 0 Å². The van der Waals surface area contributed by atoms with E-state index >= 15 is 0 Å². The molecule has 0 spiro atoms. The van der Waals surface area contributed by atoms with Gasteiger partial charge < -0.3 is 19.1 Å². The molecule has 10 aromatic carbocycles. The van der Waals surface area contributed by atoms with E-state index in [0.29, 0.717) is 11.5 Å². The van der Waals surface area contributed by atoms with Crippen molar-refractivity contribution >= 4 is 73.4 Å². The predicted octanol–water partition coefficient (Wildman–Crippen LogP) is 18.9. The fourth-order valence-electron chi connectivity index (χ4n) is 12.8. The quantitative estimate of drug-likeness (QED) is 0.0734. The fraction of sp³-hybridized carbons (Fsp3) is 0.195.